The van der Waals surface area contributed by atoms with Gasteiger partial charge in [-0.25, -0.2) is 9.78 Å². The molecule has 136 valence electrons. The molecule has 0 saturated carbocycles. The Balaban J connectivity index is 1.91. The Kier molecular flexibility index (Phi) is 4.31. The number of rotatable bonds is 3. The Labute approximate surface area is 162 Å². The van der Waals surface area contributed by atoms with Gasteiger partial charge in [0.1, 0.15) is 11.6 Å². The topological polar surface area (TPSA) is 81.4 Å². The summed E-state index contributed by atoms with van der Waals surface area (Å²) in [5, 5.41) is 9.62. The zero-order valence-corrected chi connectivity index (χ0v) is 16.0. The number of carboxylic acid groups (broad SMARTS) is 1. The minimum absolute atomic E-state index is 0.108. The summed E-state index contributed by atoms with van der Waals surface area (Å²) in [6.45, 7) is 0.542. The maximum absolute atomic E-state index is 12.8. The molecule has 0 amide bonds. The second kappa shape index (κ2) is 6.66. The molecule has 2 aromatic carbocycles. The van der Waals surface area contributed by atoms with Gasteiger partial charge in [0, 0.05) is 16.6 Å². The minimum Gasteiger partial charge on any atom is -0.496 e. The molecule has 0 fully saturated rings. The predicted molar refractivity (Wildman–Crippen MR) is 106 cm³/mol. The highest BCUT2D eigenvalue weighted by Crippen LogP contribution is 2.31. The molecule has 1 N–H and O–H groups in total. The Morgan fingerprint density at radius 3 is 2.85 bits per heavy atom. The van der Waals surface area contributed by atoms with Crippen molar-refractivity contribution in [1.82, 2.24) is 9.55 Å². The van der Waals surface area contributed by atoms with E-state index in [1.165, 1.54) is 18.2 Å². The molecule has 0 unspecified atom stereocenters. The van der Waals surface area contributed by atoms with Crippen molar-refractivity contribution in [3.05, 3.63) is 68.2 Å². The maximum atomic E-state index is 12.8. The molecular formula is C20H15BrN2O4. The van der Waals surface area contributed by atoms with E-state index in [9.17, 15) is 14.7 Å². The summed E-state index contributed by atoms with van der Waals surface area (Å²) in [5.41, 5.74) is 2.13. The number of methoxy groups -OCH3 is 1. The van der Waals surface area contributed by atoms with Crippen molar-refractivity contribution in [1.29, 1.82) is 0 Å². The number of carboxylic acids is 1. The third-order valence-electron chi connectivity index (χ3n) is 4.62. The number of benzene rings is 2. The van der Waals surface area contributed by atoms with Gasteiger partial charge in [0.05, 0.1) is 23.6 Å². The minimum atomic E-state index is -1.05. The average Bonchev–Trinajstić information content (AvgIpc) is 3.04. The first-order valence-corrected chi connectivity index (χ1v) is 9.09. The monoisotopic (exact) mass is 426 g/mol. The number of nitrogens with zero attached hydrogens (tertiary/aromatic N) is 2. The number of hydrogen-bond acceptors (Lipinski definition) is 4. The molecule has 7 heteroatoms. The molecule has 0 aliphatic carbocycles. The van der Waals surface area contributed by atoms with Crippen LogP contribution >= 0.6 is 15.9 Å². The Morgan fingerprint density at radius 1 is 1.30 bits per heavy atom. The molecular weight excluding hydrogens is 412 g/mol. The van der Waals surface area contributed by atoms with Crippen LogP contribution in [-0.4, -0.2) is 27.7 Å². The van der Waals surface area contributed by atoms with E-state index in [-0.39, 0.29) is 11.1 Å². The number of carbonyl (C=O) groups is 1. The van der Waals surface area contributed by atoms with Gasteiger partial charge in [-0.15, -0.1) is 0 Å². The summed E-state index contributed by atoms with van der Waals surface area (Å²) in [4.78, 5) is 28.6. The third kappa shape index (κ3) is 3.04. The fourth-order valence-electron chi connectivity index (χ4n) is 3.29. The van der Waals surface area contributed by atoms with Crippen LogP contribution < -0.4 is 10.3 Å². The summed E-state index contributed by atoms with van der Waals surface area (Å²) in [5.74, 6) is 0.242. The number of ether oxygens (including phenoxy) is 1. The summed E-state index contributed by atoms with van der Waals surface area (Å²) in [6, 6.07) is 10.1. The molecule has 0 radical (unpaired) electrons. The van der Waals surface area contributed by atoms with Crippen LogP contribution in [0.3, 0.4) is 0 Å². The van der Waals surface area contributed by atoms with Crippen molar-refractivity contribution in [2.45, 2.75) is 13.0 Å². The lowest BCUT2D eigenvalue weighted by molar-refractivity contribution is 0.0697. The zero-order chi connectivity index (χ0) is 19.1. The van der Waals surface area contributed by atoms with Crippen LogP contribution in [0.15, 0.2) is 45.7 Å². The van der Waals surface area contributed by atoms with E-state index in [1.54, 1.807) is 11.7 Å². The van der Waals surface area contributed by atoms with Crippen LogP contribution in [0.2, 0.25) is 0 Å². The lowest BCUT2D eigenvalue weighted by Gasteiger charge is -2.08. The smallest absolute Gasteiger partial charge is 0.335 e. The van der Waals surface area contributed by atoms with E-state index in [1.807, 2.05) is 24.3 Å². The van der Waals surface area contributed by atoms with Gasteiger partial charge in [0.2, 0.25) is 0 Å². The van der Waals surface area contributed by atoms with E-state index < -0.39 is 5.97 Å². The van der Waals surface area contributed by atoms with E-state index in [4.69, 9.17) is 4.74 Å². The molecule has 0 spiro atoms. The van der Waals surface area contributed by atoms with Gasteiger partial charge < -0.3 is 9.84 Å². The SMILES string of the molecule is COc1ccc(Br)cc1/C=C1\CCn2c1nc1cc(C(=O)O)ccc1c2=O. The Morgan fingerprint density at radius 2 is 2.11 bits per heavy atom. The molecule has 6 nitrogen and oxygen atoms in total. The van der Waals surface area contributed by atoms with Crippen molar-refractivity contribution < 1.29 is 14.6 Å². The lowest BCUT2D eigenvalue weighted by Crippen LogP contribution is -2.21. The van der Waals surface area contributed by atoms with Gasteiger partial charge in [-0.3, -0.25) is 9.36 Å². The Hall–Kier alpha value is -2.93. The van der Waals surface area contributed by atoms with Gasteiger partial charge in [-0.2, -0.15) is 0 Å². The number of halogens is 1. The fraction of sp³-hybridized carbons (Fsp3) is 0.150. The van der Waals surface area contributed by atoms with Crippen molar-refractivity contribution >= 4 is 44.5 Å². The predicted octanol–water partition coefficient (Wildman–Crippen LogP) is 3.81. The van der Waals surface area contributed by atoms with E-state index in [0.29, 0.717) is 29.7 Å². The van der Waals surface area contributed by atoms with Gasteiger partial charge in [-0.1, -0.05) is 15.9 Å². The number of hydrogen-bond donors (Lipinski definition) is 1. The molecule has 0 saturated heterocycles. The molecule has 1 aromatic heterocycles. The van der Waals surface area contributed by atoms with Gasteiger partial charge in [0.25, 0.3) is 5.56 Å². The summed E-state index contributed by atoms with van der Waals surface area (Å²) in [7, 11) is 1.61. The highest BCUT2D eigenvalue weighted by atomic mass is 79.9. The summed E-state index contributed by atoms with van der Waals surface area (Å²) < 4.78 is 7.97. The second-order valence-corrected chi connectivity index (χ2v) is 7.15. The van der Waals surface area contributed by atoms with Gasteiger partial charge >= 0.3 is 5.97 Å². The van der Waals surface area contributed by atoms with Crippen LogP contribution in [0, 0.1) is 0 Å². The highest BCUT2D eigenvalue weighted by Gasteiger charge is 2.22. The number of aromatic nitrogens is 2. The third-order valence-corrected chi connectivity index (χ3v) is 5.11. The molecule has 0 bridgehead atoms. The standard InChI is InChI=1S/C20H15BrN2O4/c1-27-17-5-3-14(21)9-13(17)8-11-6-7-23-18(11)22-16-10-12(20(25)26)2-4-15(16)19(23)24/h2-5,8-10H,6-7H2,1H3,(H,25,26)/b11-8+. The van der Waals surface area contributed by atoms with Crippen LogP contribution in [0.4, 0.5) is 0 Å². The number of allylic oxidation sites excluding steroid dienone is 1. The molecule has 0 atom stereocenters. The molecule has 1 aliphatic heterocycles. The molecule has 4 rings (SSSR count). The fourth-order valence-corrected chi connectivity index (χ4v) is 3.67. The van der Waals surface area contributed by atoms with E-state index in [0.717, 1.165) is 21.4 Å². The van der Waals surface area contributed by atoms with E-state index in [2.05, 4.69) is 20.9 Å². The molecule has 2 heterocycles. The van der Waals surface area contributed by atoms with Gasteiger partial charge in [-0.05, 0) is 54.5 Å². The zero-order valence-electron chi connectivity index (χ0n) is 14.4. The van der Waals surface area contributed by atoms with Crippen LogP contribution in [0.1, 0.15) is 28.2 Å². The summed E-state index contributed by atoms with van der Waals surface area (Å²) in [6.07, 6.45) is 2.63. The molecule has 1 aliphatic rings. The second-order valence-electron chi connectivity index (χ2n) is 6.24. The first kappa shape index (κ1) is 17.5. The van der Waals surface area contributed by atoms with Crippen molar-refractivity contribution in [3.8, 4) is 5.75 Å². The Bertz CT molecular complexity index is 1180. The van der Waals surface area contributed by atoms with Crippen molar-refractivity contribution in [2.75, 3.05) is 7.11 Å². The first-order chi connectivity index (χ1) is 13.0. The normalized spacial score (nSPS) is 14.5. The highest BCUT2D eigenvalue weighted by molar-refractivity contribution is 9.10. The number of aromatic carboxylic acids is 1. The quantitative estimate of drug-likeness (QED) is 0.688. The van der Waals surface area contributed by atoms with E-state index >= 15 is 0 Å². The van der Waals surface area contributed by atoms with Crippen molar-refractivity contribution in [3.63, 3.8) is 0 Å². The molecule has 27 heavy (non-hydrogen) atoms. The van der Waals surface area contributed by atoms with Gasteiger partial charge in [0.15, 0.2) is 0 Å². The van der Waals surface area contributed by atoms with Crippen molar-refractivity contribution in [2.24, 2.45) is 0 Å². The average molecular weight is 427 g/mol. The first-order valence-electron chi connectivity index (χ1n) is 8.30. The number of fused-ring (bicyclic) bond motifs is 2. The lowest BCUT2D eigenvalue weighted by atomic mass is 10.1. The maximum Gasteiger partial charge on any atom is 0.335 e. The summed E-state index contributed by atoms with van der Waals surface area (Å²) >= 11 is 3.46. The largest absolute Gasteiger partial charge is 0.496 e. The van der Waals surface area contributed by atoms with Crippen LogP contribution in [0.5, 0.6) is 5.75 Å². The van der Waals surface area contributed by atoms with Crippen LogP contribution in [0.25, 0.3) is 22.6 Å². The molecule has 3 aromatic rings. The van der Waals surface area contributed by atoms with Crippen LogP contribution in [-0.2, 0) is 6.54 Å².